The predicted octanol–water partition coefficient (Wildman–Crippen LogP) is 2.99. The number of aromatic amines is 1. The van der Waals surface area contributed by atoms with Gasteiger partial charge in [-0.05, 0) is 37.1 Å². The van der Waals surface area contributed by atoms with E-state index in [1.54, 1.807) is 0 Å². The monoisotopic (exact) mass is 262 g/mol. The normalized spacial score (nSPS) is 14.7. The van der Waals surface area contributed by atoms with E-state index in [0.717, 1.165) is 35.3 Å². The Morgan fingerprint density at radius 2 is 2.06 bits per heavy atom. The van der Waals surface area contributed by atoms with E-state index < -0.39 is 0 Å². The molecule has 5 heteroatoms. The number of hydrogen-bond donors (Lipinski definition) is 2. The Kier molecular flexibility index (Phi) is 3.19. The van der Waals surface area contributed by atoms with Crippen LogP contribution in [0.4, 0.5) is 5.69 Å². The summed E-state index contributed by atoms with van der Waals surface area (Å²) in [7, 11) is 0. The Labute approximate surface area is 111 Å². The molecule has 94 valence electrons. The van der Waals surface area contributed by atoms with E-state index >= 15 is 0 Å². The molecule has 0 aliphatic heterocycles. The van der Waals surface area contributed by atoms with Crippen molar-refractivity contribution in [1.82, 2.24) is 15.2 Å². The molecule has 0 bridgehead atoms. The quantitative estimate of drug-likeness (QED) is 0.871. The van der Waals surface area contributed by atoms with Crippen LogP contribution in [0, 0.1) is 0 Å². The summed E-state index contributed by atoms with van der Waals surface area (Å²) in [6, 6.07) is 7.70. The molecular weight excluding hydrogens is 248 g/mol. The van der Waals surface area contributed by atoms with Crippen molar-refractivity contribution in [1.29, 1.82) is 0 Å². The molecule has 1 aliphatic carbocycles. The van der Waals surface area contributed by atoms with Crippen LogP contribution in [0.25, 0.3) is 0 Å². The highest BCUT2D eigenvalue weighted by Gasteiger charge is 2.27. The van der Waals surface area contributed by atoms with Crippen molar-refractivity contribution in [2.24, 2.45) is 0 Å². The van der Waals surface area contributed by atoms with E-state index in [9.17, 15) is 0 Å². The van der Waals surface area contributed by atoms with Gasteiger partial charge in [-0.3, -0.25) is 5.10 Å². The van der Waals surface area contributed by atoms with E-state index in [0.29, 0.717) is 5.92 Å². The van der Waals surface area contributed by atoms with Gasteiger partial charge in [0.1, 0.15) is 5.82 Å². The summed E-state index contributed by atoms with van der Waals surface area (Å²) in [6.07, 6.45) is 3.32. The average Bonchev–Trinajstić information content (AvgIpc) is 3.12. The van der Waals surface area contributed by atoms with E-state index in [1.807, 2.05) is 24.3 Å². The van der Waals surface area contributed by atoms with Crippen LogP contribution in [0.3, 0.4) is 0 Å². The van der Waals surface area contributed by atoms with Gasteiger partial charge in [0.05, 0.1) is 0 Å². The molecular formula is C13H15ClN4. The molecule has 1 aromatic heterocycles. The van der Waals surface area contributed by atoms with Crippen molar-refractivity contribution >= 4 is 17.3 Å². The average molecular weight is 263 g/mol. The number of benzene rings is 1. The van der Waals surface area contributed by atoms with Crippen LogP contribution in [-0.4, -0.2) is 21.7 Å². The molecule has 4 nitrogen and oxygen atoms in total. The van der Waals surface area contributed by atoms with Crippen molar-refractivity contribution in [2.75, 3.05) is 11.9 Å². The molecule has 0 atom stereocenters. The molecule has 0 amide bonds. The number of anilines is 1. The molecule has 0 radical (unpaired) electrons. The highest BCUT2D eigenvalue weighted by atomic mass is 35.5. The second-order valence-corrected chi connectivity index (χ2v) is 5.03. The Balaban J connectivity index is 1.49. The fourth-order valence-electron chi connectivity index (χ4n) is 1.84. The van der Waals surface area contributed by atoms with Crippen LogP contribution in [0.2, 0.25) is 5.02 Å². The minimum Gasteiger partial charge on any atom is -0.385 e. The van der Waals surface area contributed by atoms with Crippen LogP contribution in [0.1, 0.15) is 30.4 Å². The zero-order valence-electron chi connectivity index (χ0n) is 9.99. The largest absolute Gasteiger partial charge is 0.385 e. The first-order valence-electron chi connectivity index (χ1n) is 6.22. The smallest absolute Gasteiger partial charge is 0.153 e. The third kappa shape index (κ3) is 2.82. The van der Waals surface area contributed by atoms with Gasteiger partial charge in [-0.2, -0.15) is 5.10 Å². The first-order chi connectivity index (χ1) is 8.81. The summed E-state index contributed by atoms with van der Waals surface area (Å²) < 4.78 is 0. The van der Waals surface area contributed by atoms with Gasteiger partial charge in [0.25, 0.3) is 0 Å². The molecule has 2 N–H and O–H groups in total. The number of nitrogens with one attached hydrogen (secondary N) is 2. The van der Waals surface area contributed by atoms with Gasteiger partial charge < -0.3 is 5.32 Å². The van der Waals surface area contributed by atoms with Gasteiger partial charge in [-0.25, -0.2) is 4.98 Å². The van der Waals surface area contributed by atoms with Crippen LogP contribution >= 0.6 is 11.6 Å². The van der Waals surface area contributed by atoms with Crippen molar-refractivity contribution < 1.29 is 0 Å². The van der Waals surface area contributed by atoms with E-state index in [-0.39, 0.29) is 0 Å². The molecule has 0 saturated heterocycles. The maximum Gasteiger partial charge on any atom is 0.153 e. The van der Waals surface area contributed by atoms with Crippen molar-refractivity contribution in [2.45, 2.75) is 25.2 Å². The minimum atomic E-state index is 0.610. The molecule has 0 unspecified atom stereocenters. The van der Waals surface area contributed by atoms with Crippen LogP contribution in [-0.2, 0) is 6.42 Å². The summed E-state index contributed by atoms with van der Waals surface area (Å²) in [4.78, 5) is 4.49. The standard InChI is InChI=1S/C13H15ClN4/c14-10-3-5-11(6-4-10)15-8-7-12-16-13(18-17-12)9-1-2-9/h3-6,9,15H,1-2,7-8H2,(H,16,17,18). The lowest BCUT2D eigenvalue weighted by Crippen LogP contribution is -2.05. The van der Waals surface area contributed by atoms with Crippen molar-refractivity contribution in [3.8, 4) is 0 Å². The fraction of sp³-hybridized carbons (Fsp3) is 0.385. The number of halogens is 1. The van der Waals surface area contributed by atoms with Crippen LogP contribution in [0.5, 0.6) is 0 Å². The maximum absolute atomic E-state index is 5.83. The van der Waals surface area contributed by atoms with Gasteiger partial charge in [0.2, 0.25) is 0 Å². The minimum absolute atomic E-state index is 0.610. The summed E-state index contributed by atoms with van der Waals surface area (Å²) in [5, 5.41) is 11.3. The molecule has 0 spiro atoms. The molecule has 18 heavy (non-hydrogen) atoms. The lowest BCUT2D eigenvalue weighted by atomic mass is 10.3. The highest BCUT2D eigenvalue weighted by Crippen LogP contribution is 2.37. The Morgan fingerprint density at radius 3 is 2.78 bits per heavy atom. The third-order valence-corrected chi connectivity index (χ3v) is 3.28. The van der Waals surface area contributed by atoms with E-state index in [2.05, 4.69) is 20.5 Å². The van der Waals surface area contributed by atoms with Crippen LogP contribution in [0.15, 0.2) is 24.3 Å². The van der Waals surface area contributed by atoms with Crippen molar-refractivity contribution in [3.63, 3.8) is 0 Å². The molecule has 1 aromatic carbocycles. The highest BCUT2D eigenvalue weighted by molar-refractivity contribution is 6.30. The second kappa shape index (κ2) is 4.98. The van der Waals surface area contributed by atoms with Gasteiger partial charge in [-0.15, -0.1) is 0 Å². The zero-order valence-corrected chi connectivity index (χ0v) is 10.7. The van der Waals surface area contributed by atoms with Crippen LogP contribution < -0.4 is 5.32 Å². The molecule has 1 saturated carbocycles. The Bertz CT molecular complexity index is 516. The zero-order chi connectivity index (χ0) is 12.4. The topological polar surface area (TPSA) is 53.6 Å². The van der Waals surface area contributed by atoms with Gasteiger partial charge >= 0.3 is 0 Å². The summed E-state index contributed by atoms with van der Waals surface area (Å²) in [6.45, 7) is 0.834. The van der Waals surface area contributed by atoms with Crippen molar-refractivity contribution in [3.05, 3.63) is 40.9 Å². The van der Waals surface area contributed by atoms with E-state index in [4.69, 9.17) is 11.6 Å². The van der Waals surface area contributed by atoms with Gasteiger partial charge in [-0.1, -0.05) is 11.6 Å². The first-order valence-corrected chi connectivity index (χ1v) is 6.60. The second-order valence-electron chi connectivity index (χ2n) is 4.60. The molecule has 3 rings (SSSR count). The van der Waals surface area contributed by atoms with E-state index in [1.165, 1.54) is 12.8 Å². The Hall–Kier alpha value is -1.55. The number of aromatic nitrogens is 3. The third-order valence-electron chi connectivity index (χ3n) is 3.03. The SMILES string of the molecule is Clc1ccc(NCCc2nc(C3CC3)n[nH]2)cc1. The van der Waals surface area contributed by atoms with Gasteiger partial charge in [0.15, 0.2) is 5.82 Å². The lowest BCUT2D eigenvalue weighted by Gasteiger charge is -2.04. The molecule has 1 fully saturated rings. The fourth-order valence-corrected chi connectivity index (χ4v) is 1.96. The summed E-state index contributed by atoms with van der Waals surface area (Å²) in [5.41, 5.74) is 1.07. The molecule has 2 aromatic rings. The predicted molar refractivity (Wildman–Crippen MR) is 72.0 cm³/mol. The number of hydrogen-bond acceptors (Lipinski definition) is 3. The summed E-state index contributed by atoms with van der Waals surface area (Å²) in [5.74, 6) is 2.55. The number of H-pyrrole nitrogens is 1. The molecule has 1 aliphatic rings. The van der Waals surface area contributed by atoms with Gasteiger partial charge in [0, 0.05) is 29.6 Å². The Morgan fingerprint density at radius 1 is 1.28 bits per heavy atom. The number of rotatable bonds is 5. The summed E-state index contributed by atoms with van der Waals surface area (Å²) >= 11 is 5.83. The lowest BCUT2D eigenvalue weighted by molar-refractivity contribution is 0.901. The first kappa shape index (κ1) is 11.5. The maximum atomic E-state index is 5.83. The number of nitrogens with zero attached hydrogens (tertiary/aromatic N) is 2. The molecule has 1 heterocycles.